The second kappa shape index (κ2) is 7.49. The molecule has 120 valence electrons. The van der Waals surface area contributed by atoms with Crippen LogP contribution in [0, 0.1) is 11.8 Å². The molecule has 6 heteroatoms. The van der Waals surface area contributed by atoms with Crippen LogP contribution in [0.1, 0.15) is 45.4 Å². The first-order chi connectivity index (χ1) is 10.1. The molecule has 0 bridgehead atoms. The van der Waals surface area contributed by atoms with Gasteiger partial charge in [0.05, 0.1) is 5.37 Å². The highest BCUT2D eigenvalue weighted by Crippen LogP contribution is 2.37. The zero-order valence-corrected chi connectivity index (χ0v) is 13.5. The van der Waals surface area contributed by atoms with Crippen LogP contribution in [0.25, 0.3) is 0 Å². The minimum absolute atomic E-state index is 0.0175. The quantitative estimate of drug-likeness (QED) is 0.810. The lowest BCUT2D eigenvalue weighted by Gasteiger charge is -2.36. The van der Waals surface area contributed by atoms with Gasteiger partial charge < -0.3 is 15.7 Å². The number of thioether (sulfide) groups is 1. The van der Waals surface area contributed by atoms with Crippen molar-refractivity contribution in [2.75, 3.05) is 12.3 Å². The normalized spacial score (nSPS) is 33.1. The van der Waals surface area contributed by atoms with E-state index >= 15 is 0 Å². The number of carbonyl (C=O) groups is 2. The highest BCUT2D eigenvalue weighted by Gasteiger charge is 2.44. The van der Waals surface area contributed by atoms with Gasteiger partial charge in [0.25, 0.3) is 0 Å². The number of carboxylic acid groups (broad SMARTS) is 1. The van der Waals surface area contributed by atoms with E-state index in [0.29, 0.717) is 12.3 Å². The minimum atomic E-state index is -0.880. The van der Waals surface area contributed by atoms with Gasteiger partial charge >= 0.3 is 5.97 Å². The molecule has 0 aromatic carbocycles. The van der Waals surface area contributed by atoms with E-state index in [4.69, 9.17) is 5.73 Å². The van der Waals surface area contributed by atoms with Crippen molar-refractivity contribution >= 4 is 23.6 Å². The topological polar surface area (TPSA) is 83.6 Å². The molecule has 2 aliphatic rings. The molecule has 1 aliphatic carbocycles. The van der Waals surface area contributed by atoms with Crippen LogP contribution in [0.5, 0.6) is 0 Å². The van der Waals surface area contributed by atoms with E-state index < -0.39 is 12.0 Å². The number of nitrogens with zero attached hydrogens (tertiary/aromatic N) is 1. The smallest absolute Gasteiger partial charge is 0.327 e. The summed E-state index contributed by atoms with van der Waals surface area (Å²) in [6, 6.07) is -0.667. The zero-order valence-electron chi connectivity index (χ0n) is 12.7. The van der Waals surface area contributed by atoms with Crippen molar-refractivity contribution < 1.29 is 14.7 Å². The second-order valence-corrected chi connectivity index (χ2v) is 7.27. The Morgan fingerprint density at radius 2 is 2.05 bits per heavy atom. The molecule has 0 aromatic heterocycles. The predicted octanol–water partition coefficient (Wildman–Crippen LogP) is 1.91. The summed E-state index contributed by atoms with van der Waals surface area (Å²) in [5, 5.41) is 9.43. The van der Waals surface area contributed by atoms with E-state index in [1.807, 2.05) is 0 Å². The summed E-state index contributed by atoms with van der Waals surface area (Å²) in [7, 11) is 0. The van der Waals surface area contributed by atoms with Gasteiger partial charge in [-0.3, -0.25) is 4.79 Å². The lowest BCUT2D eigenvalue weighted by molar-refractivity contribution is -0.152. The molecule has 1 amide bonds. The van der Waals surface area contributed by atoms with Crippen LogP contribution in [0.4, 0.5) is 0 Å². The third-order valence-electron chi connectivity index (χ3n) is 4.70. The molecule has 1 aliphatic heterocycles. The molecular weight excluding hydrogens is 288 g/mol. The number of hydrogen-bond acceptors (Lipinski definition) is 4. The van der Waals surface area contributed by atoms with Gasteiger partial charge in [-0.2, -0.15) is 0 Å². The molecule has 4 unspecified atom stereocenters. The molecule has 3 N–H and O–H groups in total. The van der Waals surface area contributed by atoms with E-state index in [0.717, 1.165) is 38.5 Å². The first-order valence-corrected chi connectivity index (χ1v) is 9.01. The van der Waals surface area contributed by atoms with Crippen LogP contribution in [0.15, 0.2) is 0 Å². The molecular formula is C15H26N2O3S. The maximum atomic E-state index is 13.0. The number of rotatable bonds is 5. The summed E-state index contributed by atoms with van der Waals surface area (Å²) in [5.41, 5.74) is 5.83. The van der Waals surface area contributed by atoms with E-state index in [-0.39, 0.29) is 23.1 Å². The van der Waals surface area contributed by atoms with Crippen molar-refractivity contribution in [3.05, 3.63) is 0 Å². The number of nitrogens with two attached hydrogens (primary N) is 1. The van der Waals surface area contributed by atoms with E-state index in [2.05, 4.69) is 6.92 Å². The molecule has 0 radical (unpaired) electrons. The van der Waals surface area contributed by atoms with Gasteiger partial charge in [-0.25, -0.2) is 4.79 Å². The molecule has 21 heavy (non-hydrogen) atoms. The van der Waals surface area contributed by atoms with Crippen molar-refractivity contribution in [1.82, 2.24) is 4.90 Å². The number of carboxylic acids is 1. The number of carbonyl (C=O) groups excluding carboxylic acids is 1. The fraction of sp³-hybridized carbons (Fsp3) is 0.867. The van der Waals surface area contributed by atoms with Crippen LogP contribution < -0.4 is 5.73 Å². The highest BCUT2D eigenvalue weighted by atomic mass is 32.2. The Kier molecular flexibility index (Phi) is 5.93. The van der Waals surface area contributed by atoms with E-state index in [1.165, 1.54) is 0 Å². The van der Waals surface area contributed by atoms with Crippen molar-refractivity contribution in [3.8, 4) is 0 Å². The largest absolute Gasteiger partial charge is 0.480 e. The van der Waals surface area contributed by atoms with Gasteiger partial charge in [0.15, 0.2) is 0 Å². The molecule has 1 saturated heterocycles. The first kappa shape index (κ1) is 16.6. The van der Waals surface area contributed by atoms with Crippen LogP contribution >= 0.6 is 11.8 Å². The summed E-state index contributed by atoms with van der Waals surface area (Å²) in [6.07, 6.45) is 5.83. The highest BCUT2D eigenvalue weighted by molar-refractivity contribution is 8.00. The maximum absolute atomic E-state index is 13.0. The molecule has 0 spiro atoms. The summed E-state index contributed by atoms with van der Waals surface area (Å²) in [4.78, 5) is 26.1. The van der Waals surface area contributed by atoms with E-state index in [9.17, 15) is 14.7 Å². The molecule has 1 heterocycles. The van der Waals surface area contributed by atoms with Gasteiger partial charge in [-0.1, -0.05) is 26.2 Å². The van der Waals surface area contributed by atoms with Gasteiger partial charge in [-0.15, -0.1) is 11.8 Å². The summed E-state index contributed by atoms with van der Waals surface area (Å²) < 4.78 is 0. The van der Waals surface area contributed by atoms with Crippen molar-refractivity contribution in [3.63, 3.8) is 0 Å². The Bertz CT molecular complexity index is 391. The summed E-state index contributed by atoms with van der Waals surface area (Å²) in [5.74, 6) is -0.209. The Hall–Kier alpha value is -0.750. The van der Waals surface area contributed by atoms with Gasteiger partial charge in [-0.05, 0) is 31.7 Å². The standard InChI is InChI=1S/C15H26N2O3S/c1-2-5-13-17(12(9-21-13)15(19)20)14(18)11-7-4-3-6-10(11)8-16/h10-13H,2-9,16H2,1H3,(H,19,20). The Balaban J connectivity index is 2.17. The monoisotopic (exact) mass is 314 g/mol. The second-order valence-electron chi connectivity index (χ2n) is 6.06. The van der Waals surface area contributed by atoms with Crippen molar-refractivity contribution in [1.29, 1.82) is 0 Å². The summed E-state index contributed by atoms with van der Waals surface area (Å²) >= 11 is 1.61. The van der Waals surface area contributed by atoms with Crippen LogP contribution in [0.3, 0.4) is 0 Å². The molecule has 2 rings (SSSR count). The molecule has 4 atom stereocenters. The minimum Gasteiger partial charge on any atom is -0.480 e. The van der Waals surface area contributed by atoms with Crippen LogP contribution in [0.2, 0.25) is 0 Å². The number of amides is 1. The maximum Gasteiger partial charge on any atom is 0.327 e. The van der Waals surface area contributed by atoms with Gasteiger partial charge in [0.1, 0.15) is 6.04 Å². The molecule has 0 aromatic rings. The lowest BCUT2D eigenvalue weighted by Crippen LogP contribution is -2.50. The van der Waals surface area contributed by atoms with Crippen molar-refractivity contribution in [2.45, 2.75) is 56.9 Å². The van der Waals surface area contributed by atoms with Crippen LogP contribution in [-0.2, 0) is 9.59 Å². The third kappa shape index (κ3) is 3.54. The van der Waals surface area contributed by atoms with Crippen LogP contribution in [-0.4, -0.2) is 45.6 Å². The Morgan fingerprint density at radius 1 is 1.33 bits per heavy atom. The Morgan fingerprint density at radius 3 is 2.67 bits per heavy atom. The molecule has 1 saturated carbocycles. The SMILES string of the molecule is CCCC1SCC(C(=O)O)N1C(=O)C1CCCCC1CN. The van der Waals surface area contributed by atoms with Gasteiger partial charge in [0, 0.05) is 11.7 Å². The van der Waals surface area contributed by atoms with Crippen molar-refractivity contribution in [2.24, 2.45) is 17.6 Å². The fourth-order valence-electron chi connectivity index (χ4n) is 3.53. The number of aliphatic carboxylic acids is 1. The summed E-state index contributed by atoms with van der Waals surface area (Å²) in [6.45, 7) is 2.59. The Labute approximate surface area is 130 Å². The first-order valence-electron chi connectivity index (χ1n) is 7.96. The third-order valence-corrected chi connectivity index (χ3v) is 6.05. The predicted molar refractivity (Wildman–Crippen MR) is 83.9 cm³/mol. The fourth-order valence-corrected chi connectivity index (χ4v) is 5.05. The molecule has 2 fully saturated rings. The molecule has 5 nitrogen and oxygen atoms in total. The van der Waals surface area contributed by atoms with E-state index in [1.54, 1.807) is 16.7 Å². The average Bonchev–Trinajstić information content (AvgIpc) is 2.91. The van der Waals surface area contributed by atoms with Gasteiger partial charge in [0.2, 0.25) is 5.91 Å². The number of hydrogen-bond donors (Lipinski definition) is 2. The zero-order chi connectivity index (χ0) is 15.4. The lowest BCUT2D eigenvalue weighted by atomic mass is 9.78. The average molecular weight is 314 g/mol.